The number of hydrogen-bond donors (Lipinski definition) is 2. The molecule has 0 bridgehead atoms. The molecule has 0 fully saturated rings. The molecule has 2 heterocycles. The van der Waals surface area contributed by atoms with Gasteiger partial charge in [0.15, 0.2) is 0 Å². The van der Waals surface area contributed by atoms with Gasteiger partial charge in [-0.3, -0.25) is 4.79 Å². The zero-order valence-electron chi connectivity index (χ0n) is 7.83. The first-order valence-electron chi connectivity index (χ1n) is 4.24. The second kappa shape index (κ2) is 4.94. The highest BCUT2D eigenvalue weighted by Crippen LogP contribution is 2.20. The third-order valence-corrected chi connectivity index (χ3v) is 3.21. The Morgan fingerprint density at radius 1 is 1.62 bits per heavy atom. The van der Waals surface area contributed by atoms with E-state index in [1.165, 1.54) is 0 Å². The molecule has 0 aliphatic rings. The van der Waals surface area contributed by atoms with Crippen LogP contribution in [-0.4, -0.2) is 15.0 Å². The maximum Gasteiger partial charge on any atom is 0.304 e. The Morgan fingerprint density at radius 3 is 3.12 bits per heavy atom. The second-order valence-corrected chi connectivity index (χ2v) is 4.90. The van der Waals surface area contributed by atoms with Crippen LogP contribution in [0.15, 0.2) is 20.8 Å². The molecule has 0 unspecified atom stereocenters. The molecule has 0 radical (unpaired) electrons. The van der Waals surface area contributed by atoms with Crippen molar-refractivity contribution in [3.05, 3.63) is 36.7 Å². The third-order valence-electron chi connectivity index (χ3n) is 1.73. The summed E-state index contributed by atoms with van der Waals surface area (Å²) < 4.78 is 0.717. The molecule has 5 nitrogen and oxygen atoms in total. The van der Waals surface area contributed by atoms with E-state index in [2.05, 4.69) is 36.2 Å². The van der Waals surface area contributed by atoms with Crippen LogP contribution in [0, 0.1) is 0 Å². The summed E-state index contributed by atoms with van der Waals surface area (Å²) in [5.41, 5.74) is 0.802. The smallest absolute Gasteiger partial charge is 0.304 e. The number of hydrogen-bond acceptors (Lipinski definition) is 5. The Labute approximate surface area is 108 Å². The first-order valence-corrected chi connectivity index (χ1v) is 6.29. The van der Waals surface area contributed by atoms with Crippen LogP contribution in [-0.2, 0) is 6.54 Å². The SMILES string of the molecule is O=c1[nH]c(CNc2nc(Cl)ncc2Br)cs1. The third kappa shape index (κ3) is 2.81. The summed E-state index contributed by atoms with van der Waals surface area (Å²) in [5.74, 6) is 0.590. The molecule has 0 aromatic carbocycles. The number of anilines is 1. The number of nitrogens with zero attached hydrogens (tertiary/aromatic N) is 2. The highest BCUT2D eigenvalue weighted by atomic mass is 79.9. The summed E-state index contributed by atoms with van der Waals surface area (Å²) in [7, 11) is 0. The molecule has 0 spiro atoms. The monoisotopic (exact) mass is 320 g/mol. The van der Waals surface area contributed by atoms with Gasteiger partial charge in [0.25, 0.3) is 0 Å². The van der Waals surface area contributed by atoms with E-state index in [0.717, 1.165) is 21.5 Å². The molecule has 0 amide bonds. The van der Waals surface area contributed by atoms with Crippen molar-refractivity contribution in [2.75, 3.05) is 5.32 Å². The van der Waals surface area contributed by atoms with E-state index in [1.807, 2.05) is 0 Å². The molecule has 2 N–H and O–H groups in total. The maximum absolute atomic E-state index is 10.9. The predicted molar refractivity (Wildman–Crippen MR) is 67.0 cm³/mol. The van der Waals surface area contributed by atoms with Crippen LogP contribution >= 0.6 is 38.9 Å². The lowest BCUT2D eigenvalue weighted by molar-refractivity contribution is 1.02. The number of nitrogens with one attached hydrogen (secondary N) is 2. The number of thiazole rings is 1. The van der Waals surface area contributed by atoms with Crippen molar-refractivity contribution in [3.63, 3.8) is 0 Å². The van der Waals surface area contributed by atoms with Gasteiger partial charge in [-0.05, 0) is 27.5 Å². The van der Waals surface area contributed by atoms with Crippen LogP contribution in [0.25, 0.3) is 0 Å². The molecule has 84 valence electrons. The largest absolute Gasteiger partial charge is 0.363 e. The summed E-state index contributed by atoms with van der Waals surface area (Å²) >= 11 is 10.1. The van der Waals surface area contributed by atoms with E-state index >= 15 is 0 Å². The molecule has 0 aliphatic carbocycles. The van der Waals surface area contributed by atoms with Crippen molar-refractivity contribution in [1.29, 1.82) is 0 Å². The molecule has 8 heteroatoms. The molecule has 0 atom stereocenters. The van der Waals surface area contributed by atoms with Crippen LogP contribution < -0.4 is 10.2 Å². The summed E-state index contributed by atoms with van der Waals surface area (Å²) in [4.78, 5) is 21.3. The Bertz CT molecular complexity index is 555. The van der Waals surface area contributed by atoms with Crippen molar-refractivity contribution in [2.24, 2.45) is 0 Å². The summed E-state index contributed by atoms with van der Waals surface area (Å²) in [6.45, 7) is 0.477. The molecular weight excluding hydrogens is 316 g/mol. The Hall–Kier alpha value is -0.920. The first-order chi connectivity index (χ1) is 7.65. The standard InChI is InChI=1S/C8H6BrClN4OS/c9-5-2-12-7(10)14-6(5)11-1-4-3-16-8(15)13-4/h2-3H,1H2,(H,13,15)(H,11,12,14). The van der Waals surface area contributed by atoms with E-state index in [-0.39, 0.29) is 10.2 Å². The van der Waals surface area contributed by atoms with E-state index in [9.17, 15) is 4.79 Å². The van der Waals surface area contributed by atoms with Crippen molar-refractivity contribution >= 4 is 44.7 Å². The minimum atomic E-state index is -0.0726. The number of aromatic nitrogens is 3. The van der Waals surface area contributed by atoms with E-state index < -0.39 is 0 Å². The molecule has 16 heavy (non-hydrogen) atoms. The van der Waals surface area contributed by atoms with Gasteiger partial charge >= 0.3 is 4.87 Å². The minimum Gasteiger partial charge on any atom is -0.363 e. The average Bonchev–Trinajstić information content (AvgIpc) is 2.66. The van der Waals surface area contributed by atoms with Gasteiger partial charge in [-0.25, -0.2) is 4.98 Å². The molecule has 2 aromatic rings. The van der Waals surface area contributed by atoms with Gasteiger partial charge in [0.2, 0.25) is 5.28 Å². The zero-order valence-corrected chi connectivity index (χ0v) is 11.0. The van der Waals surface area contributed by atoms with Gasteiger partial charge in [0.05, 0.1) is 11.0 Å². The lowest BCUT2D eigenvalue weighted by Crippen LogP contribution is -2.05. The van der Waals surface area contributed by atoms with Gasteiger partial charge in [0, 0.05) is 17.3 Å². The minimum absolute atomic E-state index is 0.0726. The van der Waals surface area contributed by atoms with Gasteiger partial charge in [-0.15, -0.1) is 0 Å². The van der Waals surface area contributed by atoms with Crippen LogP contribution in [0.5, 0.6) is 0 Å². The van der Waals surface area contributed by atoms with Crippen molar-refractivity contribution < 1.29 is 0 Å². The zero-order chi connectivity index (χ0) is 11.5. The number of halogens is 2. The topological polar surface area (TPSA) is 70.7 Å². The van der Waals surface area contributed by atoms with Crippen molar-refractivity contribution in [3.8, 4) is 0 Å². The van der Waals surface area contributed by atoms with E-state index in [4.69, 9.17) is 11.6 Å². The van der Waals surface area contributed by atoms with Crippen LogP contribution in [0.4, 0.5) is 5.82 Å². The normalized spacial score (nSPS) is 10.4. The fourth-order valence-corrected chi connectivity index (χ4v) is 2.10. The van der Waals surface area contributed by atoms with Crippen LogP contribution in [0.1, 0.15) is 5.69 Å². The maximum atomic E-state index is 10.9. The lowest BCUT2D eigenvalue weighted by atomic mass is 10.4. The average molecular weight is 322 g/mol. The second-order valence-electron chi connectivity index (χ2n) is 2.86. The van der Waals surface area contributed by atoms with Crippen molar-refractivity contribution in [1.82, 2.24) is 15.0 Å². The lowest BCUT2D eigenvalue weighted by Gasteiger charge is -2.05. The highest BCUT2D eigenvalue weighted by Gasteiger charge is 2.04. The number of H-pyrrole nitrogens is 1. The summed E-state index contributed by atoms with van der Waals surface area (Å²) in [6, 6.07) is 0. The molecule has 2 aromatic heterocycles. The number of aromatic amines is 1. The van der Waals surface area contributed by atoms with E-state index in [0.29, 0.717) is 12.4 Å². The van der Waals surface area contributed by atoms with Gasteiger partial charge in [-0.1, -0.05) is 11.3 Å². The van der Waals surface area contributed by atoms with Gasteiger partial charge < -0.3 is 10.3 Å². The van der Waals surface area contributed by atoms with Crippen LogP contribution in [0.2, 0.25) is 5.28 Å². The van der Waals surface area contributed by atoms with E-state index in [1.54, 1.807) is 11.6 Å². The summed E-state index contributed by atoms with van der Waals surface area (Å²) in [6.07, 6.45) is 1.56. The summed E-state index contributed by atoms with van der Waals surface area (Å²) in [5, 5.41) is 4.96. The molecular formula is C8H6BrClN4OS. The molecule has 0 saturated carbocycles. The quantitative estimate of drug-likeness (QED) is 0.851. The van der Waals surface area contributed by atoms with Gasteiger partial charge in [-0.2, -0.15) is 4.98 Å². The van der Waals surface area contributed by atoms with Crippen LogP contribution in [0.3, 0.4) is 0 Å². The Morgan fingerprint density at radius 2 is 2.44 bits per heavy atom. The molecule has 0 saturated heterocycles. The highest BCUT2D eigenvalue weighted by molar-refractivity contribution is 9.10. The first kappa shape index (κ1) is 11.6. The molecule has 0 aliphatic heterocycles. The van der Waals surface area contributed by atoms with Gasteiger partial charge in [0.1, 0.15) is 5.82 Å². The molecule has 2 rings (SSSR count). The Balaban J connectivity index is 2.10. The fourth-order valence-electron chi connectivity index (χ4n) is 1.05. The van der Waals surface area contributed by atoms with Crippen molar-refractivity contribution in [2.45, 2.75) is 6.54 Å². The fraction of sp³-hybridized carbons (Fsp3) is 0.125. The number of rotatable bonds is 3. The Kier molecular flexibility index (Phi) is 3.57. The predicted octanol–water partition coefficient (Wildman–Crippen LogP) is 2.25.